The molecule has 32 heavy (non-hydrogen) atoms. The van der Waals surface area contributed by atoms with Crippen LogP contribution in [0.2, 0.25) is 0 Å². The minimum absolute atomic E-state index is 0.0205. The van der Waals surface area contributed by atoms with Gasteiger partial charge in [0.25, 0.3) is 5.91 Å². The second kappa shape index (κ2) is 9.49. The van der Waals surface area contributed by atoms with Crippen molar-refractivity contribution < 1.29 is 26.0 Å². The van der Waals surface area contributed by atoms with Gasteiger partial charge in [0, 0.05) is 51.2 Å². The molecule has 8 nitrogen and oxygen atoms in total. The Morgan fingerprint density at radius 3 is 2.19 bits per heavy atom. The minimum atomic E-state index is -4.06. The smallest absolute Gasteiger partial charge is 0.253 e. The normalized spacial score (nSPS) is 16.1. The molecule has 0 radical (unpaired) electrons. The largest absolute Gasteiger partial charge is 0.336 e. The van der Waals surface area contributed by atoms with Gasteiger partial charge in [-0.3, -0.25) is 4.79 Å². The lowest BCUT2D eigenvalue weighted by Crippen LogP contribution is -2.50. The molecule has 0 aliphatic carbocycles. The van der Waals surface area contributed by atoms with Gasteiger partial charge >= 0.3 is 0 Å². The van der Waals surface area contributed by atoms with E-state index in [2.05, 4.69) is 0 Å². The lowest BCUT2D eigenvalue weighted by molar-refractivity contribution is 0.0698. The Labute approximate surface area is 187 Å². The van der Waals surface area contributed by atoms with Crippen LogP contribution in [-0.4, -0.2) is 76.5 Å². The molecule has 1 saturated heterocycles. The Kier molecular flexibility index (Phi) is 7.13. The van der Waals surface area contributed by atoms with Gasteiger partial charge in [0.05, 0.1) is 0 Å². The van der Waals surface area contributed by atoms with Crippen LogP contribution in [0.25, 0.3) is 6.08 Å². The first kappa shape index (κ1) is 24.1. The van der Waals surface area contributed by atoms with Crippen molar-refractivity contribution in [2.75, 3.05) is 40.3 Å². The highest BCUT2D eigenvalue weighted by molar-refractivity contribution is 7.92. The number of hydrogen-bond acceptors (Lipinski definition) is 5. The van der Waals surface area contributed by atoms with Crippen molar-refractivity contribution in [1.82, 2.24) is 13.5 Å². The summed E-state index contributed by atoms with van der Waals surface area (Å²) in [6.45, 7) is 0.448. The summed E-state index contributed by atoms with van der Waals surface area (Å²) in [4.78, 5) is 13.7. The molecule has 0 bridgehead atoms. The minimum Gasteiger partial charge on any atom is -0.336 e. The van der Waals surface area contributed by atoms with Crippen LogP contribution in [0, 0.1) is 5.82 Å². The van der Waals surface area contributed by atoms with E-state index in [-0.39, 0.29) is 31.7 Å². The Balaban J connectivity index is 1.70. The third-order valence-corrected chi connectivity index (χ3v) is 8.45. The number of carbonyl (C=O) groups is 1. The summed E-state index contributed by atoms with van der Waals surface area (Å²) < 4.78 is 66.0. The fourth-order valence-corrected chi connectivity index (χ4v) is 5.33. The zero-order chi connectivity index (χ0) is 23.5. The zero-order valence-electron chi connectivity index (χ0n) is 17.7. The van der Waals surface area contributed by atoms with E-state index in [1.54, 1.807) is 24.3 Å². The number of halogens is 1. The maximum Gasteiger partial charge on any atom is 0.253 e. The van der Waals surface area contributed by atoms with E-state index in [1.165, 1.54) is 35.4 Å². The van der Waals surface area contributed by atoms with Crippen LogP contribution in [0.5, 0.6) is 0 Å². The monoisotopic (exact) mass is 481 g/mol. The number of carbonyl (C=O) groups excluding carboxylic acids is 1. The van der Waals surface area contributed by atoms with Crippen molar-refractivity contribution in [2.45, 2.75) is 4.90 Å². The van der Waals surface area contributed by atoms with Crippen LogP contribution in [0.3, 0.4) is 0 Å². The molecule has 3 rings (SSSR count). The van der Waals surface area contributed by atoms with Crippen LogP contribution >= 0.6 is 0 Å². The summed E-state index contributed by atoms with van der Waals surface area (Å²) in [7, 11) is -5.17. The van der Waals surface area contributed by atoms with Crippen molar-refractivity contribution in [3.8, 4) is 0 Å². The van der Waals surface area contributed by atoms with Crippen molar-refractivity contribution >= 4 is 32.0 Å². The molecule has 0 saturated carbocycles. The van der Waals surface area contributed by atoms with E-state index in [9.17, 15) is 26.0 Å². The third kappa shape index (κ3) is 5.23. The third-order valence-electron chi connectivity index (χ3n) is 5.05. The lowest BCUT2D eigenvalue weighted by atomic mass is 10.2. The molecular formula is C21H24FN3O5S2. The van der Waals surface area contributed by atoms with E-state index in [1.807, 2.05) is 6.07 Å². The second-order valence-electron chi connectivity index (χ2n) is 7.38. The number of sulfonamides is 2. The lowest BCUT2D eigenvalue weighted by Gasteiger charge is -2.33. The highest BCUT2D eigenvalue weighted by Crippen LogP contribution is 2.21. The van der Waals surface area contributed by atoms with Crippen molar-refractivity contribution in [3.63, 3.8) is 0 Å². The highest BCUT2D eigenvalue weighted by atomic mass is 32.2. The number of rotatable bonds is 6. The van der Waals surface area contributed by atoms with Crippen molar-refractivity contribution in [1.29, 1.82) is 0 Å². The molecule has 11 heteroatoms. The van der Waals surface area contributed by atoms with Gasteiger partial charge in [-0.2, -0.15) is 4.31 Å². The maximum atomic E-state index is 14.1. The van der Waals surface area contributed by atoms with Gasteiger partial charge < -0.3 is 4.90 Å². The van der Waals surface area contributed by atoms with Crippen LogP contribution in [0.1, 0.15) is 15.9 Å². The molecule has 1 aliphatic rings. The first-order valence-corrected chi connectivity index (χ1v) is 12.7. The van der Waals surface area contributed by atoms with Crippen molar-refractivity contribution in [2.24, 2.45) is 0 Å². The predicted octanol–water partition coefficient (Wildman–Crippen LogP) is 1.83. The molecule has 1 aliphatic heterocycles. The highest BCUT2D eigenvalue weighted by Gasteiger charge is 2.29. The Morgan fingerprint density at radius 2 is 1.59 bits per heavy atom. The maximum absolute atomic E-state index is 14.1. The van der Waals surface area contributed by atoms with Gasteiger partial charge in [-0.1, -0.05) is 30.3 Å². The molecule has 1 amide bonds. The van der Waals surface area contributed by atoms with E-state index >= 15 is 0 Å². The standard InChI is InChI=1S/C21H24FN3O5S2/c1-23(2)32(29,30)20-16-18(8-9-19(20)22)21(26)24-11-13-25(14-12-24)31(27,28)15-10-17-6-4-3-5-7-17/h3-10,15-16H,11-14H2,1-2H3/b15-10+. The van der Waals surface area contributed by atoms with Gasteiger partial charge in [-0.15, -0.1) is 0 Å². The SMILES string of the molecule is CN(C)S(=O)(=O)c1cc(C(=O)N2CCN(S(=O)(=O)/C=C/c3ccccc3)CC2)ccc1F. The average Bonchev–Trinajstić information content (AvgIpc) is 2.78. The summed E-state index contributed by atoms with van der Waals surface area (Å²) in [5, 5.41) is 1.14. The van der Waals surface area contributed by atoms with E-state index < -0.39 is 36.7 Å². The molecule has 0 N–H and O–H groups in total. The second-order valence-corrected chi connectivity index (χ2v) is 11.3. The molecule has 0 atom stereocenters. The molecule has 1 heterocycles. The summed E-state index contributed by atoms with van der Waals surface area (Å²) >= 11 is 0. The average molecular weight is 482 g/mol. The molecule has 0 spiro atoms. The number of benzene rings is 2. The number of nitrogens with zero attached hydrogens (tertiary/aromatic N) is 3. The summed E-state index contributed by atoms with van der Waals surface area (Å²) in [5.74, 6) is -1.44. The molecule has 2 aromatic rings. The summed E-state index contributed by atoms with van der Waals surface area (Å²) in [6.07, 6.45) is 1.51. The Bertz CT molecular complexity index is 1220. The summed E-state index contributed by atoms with van der Waals surface area (Å²) in [6, 6.07) is 12.2. The first-order chi connectivity index (χ1) is 15.0. The summed E-state index contributed by atoms with van der Waals surface area (Å²) in [5.41, 5.74) is 0.775. The Morgan fingerprint density at radius 1 is 0.969 bits per heavy atom. The van der Waals surface area contributed by atoms with Crippen LogP contribution < -0.4 is 0 Å². The van der Waals surface area contributed by atoms with Gasteiger partial charge in [0.2, 0.25) is 20.0 Å². The fourth-order valence-electron chi connectivity index (χ4n) is 3.17. The number of amides is 1. The molecule has 172 valence electrons. The van der Waals surface area contributed by atoms with Crippen LogP contribution in [-0.2, 0) is 20.0 Å². The quantitative estimate of drug-likeness (QED) is 0.628. The number of piperazine rings is 1. The van der Waals surface area contributed by atoms with Crippen LogP contribution in [0.4, 0.5) is 4.39 Å². The molecular weight excluding hydrogens is 457 g/mol. The van der Waals surface area contributed by atoms with Gasteiger partial charge in [0.1, 0.15) is 10.7 Å². The predicted molar refractivity (Wildman–Crippen MR) is 119 cm³/mol. The molecule has 1 fully saturated rings. The molecule has 0 aromatic heterocycles. The Hall–Kier alpha value is -2.60. The van der Waals surface area contributed by atoms with Gasteiger partial charge in [-0.05, 0) is 29.8 Å². The fraction of sp³-hybridized carbons (Fsp3) is 0.286. The number of hydrogen-bond donors (Lipinski definition) is 0. The van der Waals surface area contributed by atoms with Crippen molar-refractivity contribution in [3.05, 3.63) is 70.9 Å². The van der Waals surface area contributed by atoms with E-state index in [4.69, 9.17) is 0 Å². The van der Waals surface area contributed by atoms with Gasteiger partial charge in [-0.25, -0.2) is 25.5 Å². The van der Waals surface area contributed by atoms with E-state index in [0.717, 1.165) is 27.4 Å². The van der Waals surface area contributed by atoms with Gasteiger partial charge in [0.15, 0.2) is 0 Å². The van der Waals surface area contributed by atoms with Crippen LogP contribution in [0.15, 0.2) is 58.8 Å². The molecule has 0 unspecified atom stereocenters. The first-order valence-electron chi connectivity index (χ1n) is 9.77. The topological polar surface area (TPSA) is 95.1 Å². The molecule has 2 aromatic carbocycles. The van der Waals surface area contributed by atoms with E-state index in [0.29, 0.717) is 0 Å². The zero-order valence-corrected chi connectivity index (χ0v) is 19.3.